The molecule has 2 aromatic carbocycles. The van der Waals surface area contributed by atoms with Crippen LogP contribution in [0.1, 0.15) is 18.3 Å². The second-order valence-corrected chi connectivity index (χ2v) is 9.75. The Labute approximate surface area is 179 Å². The maximum absolute atomic E-state index is 14.9. The van der Waals surface area contributed by atoms with Gasteiger partial charge in [0.25, 0.3) is 0 Å². The molecule has 1 aliphatic rings. The molecular weight excluding hydrogens is 429 g/mol. The Morgan fingerprint density at radius 1 is 1.30 bits per heavy atom. The molecule has 0 amide bonds. The summed E-state index contributed by atoms with van der Waals surface area (Å²) in [6.07, 6.45) is 0.617. The fraction of sp³-hybridized carbons (Fsp3) is 0.300. The van der Waals surface area contributed by atoms with Crippen LogP contribution in [0.2, 0.25) is 5.02 Å². The van der Waals surface area contributed by atoms with E-state index in [1.165, 1.54) is 6.07 Å². The lowest BCUT2D eigenvalue weighted by molar-refractivity contribution is 0.586. The number of anilines is 1. The largest absolute Gasteiger partial charge is 0.365 e. The molecule has 3 aromatic rings. The average Bonchev–Trinajstić information content (AvgIpc) is 3.14. The van der Waals surface area contributed by atoms with E-state index in [1.807, 2.05) is 24.0 Å². The molecule has 0 radical (unpaired) electrons. The van der Waals surface area contributed by atoms with Gasteiger partial charge in [-0.15, -0.1) is 0 Å². The number of benzene rings is 2. The molecule has 1 aliphatic heterocycles. The number of nitrogens with one attached hydrogen (secondary N) is 1. The molecule has 1 atom stereocenters. The molecular formula is C20H21ClFN5O2S. The van der Waals surface area contributed by atoms with Crippen molar-refractivity contribution in [1.82, 2.24) is 15.2 Å². The Balaban J connectivity index is 1.84. The zero-order valence-corrected chi connectivity index (χ0v) is 17.8. The van der Waals surface area contributed by atoms with Gasteiger partial charge in [0.15, 0.2) is 15.7 Å². The monoisotopic (exact) mass is 449 g/mol. The van der Waals surface area contributed by atoms with E-state index in [2.05, 4.69) is 15.2 Å². The van der Waals surface area contributed by atoms with Gasteiger partial charge in [-0.25, -0.2) is 17.8 Å². The Hall–Kier alpha value is -2.49. The van der Waals surface area contributed by atoms with Gasteiger partial charge in [0.05, 0.1) is 21.9 Å². The predicted octanol–water partition coefficient (Wildman–Crippen LogP) is 2.95. The Bertz CT molecular complexity index is 1180. The van der Waals surface area contributed by atoms with Gasteiger partial charge in [-0.05, 0) is 29.8 Å². The first-order valence-corrected chi connectivity index (χ1v) is 11.5. The summed E-state index contributed by atoms with van der Waals surface area (Å²) in [7, 11) is -3.76. The number of sulfone groups is 1. The fourth-order valence-electron chi connectivity index (χ4n) is 3.55. The van der Waals surface area contributed by atoms with Crippen molar-refractivity contribution in [3.63, 3.8) is 0 Å². The summed E-state index contributed by atoms with van der Waals surface area (Å²) in [6.45, 7) is 2.60. The van der Waals surface area contributed by atoms with E-state index in [1.54, 1.807) is 12.1 Å². The third kappa shape index (κ3) is 4.05. The second-order valence-electron chi connectivity index (χ2n) is 7.31. The fourth-order valence-corrected chi connectivity index (χ4v) is 5.32. The molecule has 158 valence electrons. The highest BCUT2D eigenvalue weighted by Gasteiger charge is 2.32. The molecule has 1 aromatic heterocycles. The van der Waals surface area contributed by atoms with Crippen LogP contribution in [-0.2, 0) is 22.8 Å². The smallest absolute Gasteiger partial charge is 0.184 e. The van der Waals surface area contributed by atoms with Crippen LogP contribution in [-0.4, -0.2) is 41.9 Å². The molecule has 30 heavy (non-hydrogen) atoms. The number of hydrogen-bond donors (Lipinski definition) is 2. The van der Waals surface area contributed by atoms with E-state index >= 15 is 0 Å². The number of nitrogens with zero attached hydrogens (tertiary/aromatic N) is 3. The summed E-state index contributed by atoms with van der Waals surface area (Å²) in [5, 5.41) is 7.44. The highest BCUT2D eigenvalue weighted by Crippen LogP contribution is 2.36. The predicted molar refractivity (Wildman–Crippen MR) is 114 cm³/mol. The minimum atomic E-state index is -3.76. The van der Waals surface area contributed by atoms with E-state index in [4.69, 9.17) is 17.3 Å². The third-order valence-corrected chi connectivity index (χ3v) is 7.12. The minimum Gasteiger partial charge on any atom is -0.365 e. The maximum atomic E-state index is 14.9. The summed E-state index contributed by atoms with van der Waals surface area (Å²) in [5.41, 5.74) is 7.55. The average molecular weight is 450 g/mol. The van der Waals surface area contributed by atoms with Crippen LogP contribution in [0.5, 0.6) is 0 Å². The zero-order chi connectivity index (χ0) is 21.5. The molecule has 10 heteroatoms. The summed E-state index contributed by atoms with van der Waals surface area (Å²) in [5.74, 6) is -0.145. The molecule has 0 unspecified atom stereocenters. The van der Waals surface area contributed by atoms with E-state index < -0.39 is 21.7 Å². The number of nitrogens with two attached hydrogens (primary N) is 1. The summed E-state index contributed by atoms with van der Waals surface area (Å²) < 4.78 is 40.7. The Morgan fingerprint density at radius 2 is 2.03 bits per heavy atom. The molecule has 0 spiro atoms. The number of aryl methyl sites for hydroxylation is 1. The first-order chi connectivity index (χ1) is 14.3. The number of aromatic amines is 1. The summed E-state index contributed by atoms with van der Waals surface area (Å²) >= 11 is 5.97. The third-order valence-electron chi connectivity index (χ3n) is 5.01. The van der Waals surface area contributed by atoms with Gasteiger partial charge in [0, 0.05) is 30.6 Å². The van der Waals surface area contributed by atoms with Gasteiger partial charge in [0.2, 0.25) is 0 Å². The molecule has 4 rings (SSSR count). The van der Waals surface area contributed by atoms with Gasteiger partial charge in [0.1, 0.15) is 11.6 Å². The topological polar surface area (TPSA) is 105 Å². The van der Waals surface area contributed by atoms with Gasteiger partial charge in [-0.3, -0.25) is 5.10 Å². The number of aromatic nitrogens is 3. The van der Waals surface area contributed by atoms with Crippen LogP contribution in [0.4, 0.5) is 10.1 Å². The first kappa shape index (κ1) is 20.8. The van der Waals surface area contributed by atoms with Crippen LogP contribution in [0.3, 0.4) is 0 Å². The molecule has 0 saturated heterocycles. The number of H-pyrrole nitrogens is 1. The van der Waals surface area contributed by atoms with Gasteiger partial charge >= 0.3 is 0 Å². The van der Waals surface area contributed by atoms with Crippen molar-refractivity contribution in [2.75, 3.05) is 17.2 Å². The number of halogens is 2. The summed E-state index contributed by atoms with van der Waals surface area (Å²) in [6, 6.07) is 9.19. The van der Waals surface area contributed by atoms with Crippen molar-refractivity contribution in [2.24, 2.45) is 5.73 Å². The number of hydrogen-bond acceptors (Lipinski definition) is 6. The Kier molecular flexibility index (Phi) is 5.52. The molecule has 0 aliphatic carbocycles. The van der Waals surface area contributed by atoms with Crippen LogP contribution >= 0.6 is 11.6 Å². The van der Waals surface area contributed by atoms with Crippen LogP contribution in [0, 0.1) is 5.82 Å². The highest BCUT2D eigenvalue weighted by molar-refractivity contribution is 7.91. The van der Waals surface area contributed by atoms with Crippen LogP contribution in [0.15, 0.2) is 41.3 Å². The molecule has 0 bridgehead atoms. The van der Waals surface area contributed by atoms with E-state index in [-0.39, 0.29) is 22.0 Å². The summed E-state index contributed by atoms with van der Waals surface area (Å²) in [4.78, 5) is 6.07. The van der Waals surface area contributed by atoms with Crippen molar-refractivity contribution in [3.8, 4) is 11.4 Å². The van der Waals surface area contributed by atoms with Gasteiger partial charge in [-0.2, -0.15) is 5.10 Å². The molecule has 7 nitrogen and oxygen atoms in total. The van der Waals surface area contributed by atoms with Crippen LogP contribution in [0.25, 0.3) is 11.4 Å². The SMILES string of the molecule is CCc1nc(-c2cc3c(cc2F)S(=O)(=O)C[C@H](N)CN3Cc2ccc(Cl)cc2)n[nH]1. The maximum Gasteiger partial charge on any atom is 0.184 e. The van der Waals surface area contributed by atoms with Crippen molar-refractivity contribution in [3.05, 3.63) is 58.6 Å². The zero-order valence-electron chi connectivity index (χ0n) is 16.3. The lowest BCUT2D eigenvalue weighted by atomic mass is 10.1. The lowest BCUT2D eigenvalue weighted by Gasteiger charge is -2.26. The molecule has 0 fully saturated rings. The highest BCUT2D eigenvalue weighted by atomic mass is 35.5. The van der Waals surface area contributed by atoms with E-state index in [0.29, 0.717) is 36.0 Å². The van der Waals surface area contributed by atoms with Crippen molar-refractivity contribution in [1.29, 1.82) is 0 Å². The number of fused-ring (bicyclic) bond motifs is 1. The molecule has 3 N–H and O–H groups in total. The number of rotatable bonds is 4. The normalized spacial score (nSPS) is 18.1. The molecule has 0 saturated carbocycles. The van der Waals surface area contributed by atoms with Gasteiger partial charge in [-0.1, -0.05) is 30.7 Å². The Morgan fingerprint density at radius 3 is 2.70 bits per heavy atom. The molecule has 2 heterocycles. The quantitative estimate of drug-likeness (QED) is 0.634. The van der Waals surface area contributed by atoms with Crippen molar-refractivity contribution in [2.45, 2.75) is 30.8 Å². The second kappa shape index (κ2) is 7.98. The van der Waals surface area contributed by atoms with Gasteiger partial charge < -0.3 is 10.6 Å². The van der Waals surface area contributed by atoms with E-state index in [9.17, 15) is 12.8 Å². The van der Waals surface area contributed by atoms with Crippen molar-refractivity contribution < 1.29 is 12.8 Å². The first-order valence-electron chi connectivity index (χ1n) is 9.49. The standard InChI is InChI=1S/C20H21ClFN5O2S/c1-2-19-24-20(26-25-19)15-7-17-18(8-16(15)22)30(28,29)11-14(23)10-27(17)9-12-3-5-13(21)6-4-12/h3-8,14H,2,9-11,23H2,1H3,(H,24,25,26)/t14-/m1/s1. The van der Waals surface area contributed by atoms with Crippen LogP contribution < -0.4 is 10.6 Å². The van der Waals surface area contributed by atoms with Crippen molar-refractivity contribution >= 4 is 27.1 Å². The minimum absolute atomic E-state index is 0.0723. The lowest BCUT2D eigenvalue weighted by Crippen LogP contribution is -2.39. The van der Waals surface area contributed by atoms with E-state index in [0.717, 1.165) is 11.6 Å².